The van der Waals surface area contributed by atoms with Gasteiger partial charge in [0.2, 0.25) is 0 Å². The van der Waals surface area contributed by atoms with Crippen molar-refractivity contribution < 1.29 is 14.5 Å². The molecule has 1 N–H and O–H groups in total. The van der Waals surface area contributed by atoms with E-state index in [-0.39, 0.29) is 12.3 Å². The van der Waals surface area contributed by atoms with E-state index in [0.29, 0.717) is 11.3 Å². The van der Waals surface area contributed by atoms with E-state index in [4.69, 9.17) is 4.74 Å². The van der Waals surface area contributed by atoms with E-state index in [1.54, 1.807) is 36.4 Å². The summed E-state index contributed by atoms with van der Waals surface area (Å²) in [7, 11) is 0. The van der Waals surface area contributed by atoms with Crippen molar-refractivity contribution >= 4 is 33.7 Å². The van der Waals surface area contributed by atoms with Gasteiger partial charge in [0.1, 0.15) is 5.75 Å². The highest BCUT2D eigenvalue weighted by molar-refractivity contribution is 9.10. The second kappa shape index (κ2) is 8.04. The minimum Gasteiger partial charge on any atom is -0.484 e. The smallest absolute Gasteiger partial charge is 0.278 e. The van der Waals surface area contributed by atoms with Crippen molar-refractivity contribution in [2.75, 3.05) is 6.61 Å². The van der Waals surface area contributed by atoms with E-state index in [1.807, 2.05) is 0 Å². The quantitative estimate of drug-likeness (QED) is 0.475. The predicted octanol–water partition coefficient (Wildman–Crippen LogP) is 2.89. The Morgan fingerprint density at radius 2 is 1.96 bits per heavy atom. The van der Waals surface area contributed by atoms with Gasteiger partial charge in [0.25, 0.3) is 11.6 Å². The molecule has 0 atom stereocenters. The van der Waals surface area contributed by atoms with E-state index < -0.39 is 10.8 Å². The molecule has 0 saturated carbocycles. The lowest BCUT2D eigenvalue weighted by atomic mass is 10.2. The third kappa shape index (κ3) is 5.19. The van der Waals surface area contributed by atoms with Crippen LogP contribution in [-0.2, 0) is 4.79 Å². The van der Waals surface area contributed by atoms with E-state index >= 15 is 0 Å². The molecule has 23 heavy (non-hydrogen) atoms. The fourth-order valence-corrected chi connectivity index (χ4v) is 1.91. The van der Waals surface area contributed by atoms with Crippen LogP contribution in [0.5, 0.6) is 5.75 Å². The van der Waals surface area contributed by atoms with Gasteiger partial charge in [-0.1, -0.05) is 28.1 Å². The lowest BCUT2D eigenvalue weighted by Gasteiger charge is -2.04. The van der Waals surface area contributed by atoms with Crippen LogP contribution < -0.4 is 10.2 Å². The number of hydrogen-bond donors (Lipinski definition) is 1. The number of rotatable bonds is 6. The fraction of sp³-hybridized carbons (Fsp3) is 0.0667. The van der Waals surface area contributed by atoms with Crippen molar-refractivity contribution in [3.63, 3.8) is 0 Å². The minimum absolute atomic E-state index is 0.0865. The largest absolute Gasteiger partial charge is 0.484 e. The number of carbonyl (C=O) groups is 1. The van der Waals surface area contributed by atoms with Crippen LogP contribution in [0, 0.1) is 10.1 Å². The maximum atomic E-state index is 11.6. The number of para-hydroxylation sites is 1. The van der Waals surface area contributed by atoms with Gasteiger partial charge in [0.15, 0.2) is 6.61 Å². The van der Waals surface area contributed by atoms with Gasteiger partial charge < -0.3 is 4.74 Å². The van der Waals surface area contributed by atoms with Crippen LogP contribution in [-0.4, -0.2) is 23.7 Å². The van der Waals surface area contributed by atoms with Crippen LogP contribution >= 0.6 is 15.9 Å². The van der Waals surface area contributed by atoms with Gasteiger partial charge in [-0.25, -0.2) is 5.43 Å². The molecule has 2 aromatic carbocycles. The van der Waals surface area contributed by atoms with Crippen molar-refractivity contribution in [1.29, 1.82) is 0 Å². The van der Waals surface area contributed by atoms with Gasteiger partial charge in [-0.05, 0) is 30.3 Å². The maximum Gasteiger partial charge on any atom is 0.278 e. The van der Waals surface area contributed by atoms with Gasteiger partial charge >= 0.3 is 0 Å². The summed E-state index contributed by atoms with van der Waals surface area (Å²) in [5.74, 6) is 0.0776. The molecule has 0 aliphatic rings. The standard InChI is InChI=1S/C15H12BrN3O4/c16-12-5-7-13(8-6-12)23-10-15(20)18-17-9-11-3-1-2-4-14(11)19(21)22/h1-9H,10H2,(H,18,20)/b17-9+. The monoisotopic (exact) mass is 377 g/mol. The number of benzene rings is 2. The van der Waals surface area contributed by atoms with Crippen LogP contribution in [0.3, 0.4) is 0 Å². The molecule has 8 heteroatoms. The molecule has 0 aromatic heterocycles. The first-order valence-electron chi connectivity index (χ1n) is 6.50. The van der Waals surface area contributed by atoms with Crippen molar-refractivity contribution in [2.24, 2.45) is 5.10 Å². The average molecular weight is 378 g/mol. The Labute approximate surface area is 140 Å². The molecule has 0 heterocycles. The van der Waals surface area contributed by atoms with Crippen LogP contribution in [0.2, 0.25) is 0 Å². The van der Waals surface area contributed by atoms with Gasteiger partial charge in [-0.3, -0.25) is 14.9 Å². The van der Waals surface area contributed by atoms with Crippen LogP contribution in [0.25, 0.3) is 0 Å². The number of amides is 1. The van der Waals surface area contributed by atoms with Gasteiger partial charge in [0.05, 0.1) is 16.7 Å². The first-order valence-corrected chi connectivity index (χ1v) is 7.29. The fourth-order valence-electron chi connectivity index (χ4n) is 1.65. The second-order valence-electron chi connectivity index (χ2n) is 4.35. The number of ether oxygens (including phenoxy) is 1. The third-order valence-electron chi connectivity index (χ3n) is 2.71. The van der Waals surface area contributed by atoms with E-state index in [2.05, 4.69) is 26.5 Å². The van der Waals surface area contributed by atoms with Crippen LogP contribution in [0.15, 0.2) is 58.1 Å². The third-order valence-corrected chi connectivity index (χ3v) is 3.24. The zero-order valence-corrected chi connectivity index (χ0v) is 13.4. The van der Waals surface area contributed by atoms with Gasteiger partial charge in [-0.2, -0.15) is 5.10 Å². The van der Waals surface area contributed by atoms with Crippen molar-refractivity contribution in [1.82, 2.24) is 5.43 Å². The molecule has 1 amide bonds. The first-order chi connectivity index (χ1) is 11.1. The molecule has 0 saturated heterocycles. The molecule has 0 unspecified atom stereocenters. The Balaban J connectivity index is 1.87. The van der Waals surface area contributed by atoms with E-state index in [9.17, 15) is 14.9 Å². The Kier molecular flexibility index (Phi) is 5.81. The number of carbonyl (C=O) groups excluding carboxylic acids is 1. The Morgan fingerprint density at radius 1 is 1.26 bits per heavy atom. The number of nitrogens with zero attached hydrogens (tertiary/aromatic N) is 2. The minimum atomic E-state index is -0.514. The molecular formula is C15H12BrN3O4. The van der Waals surface area contributed by atoms with Crippen LogP contribution in [0.1, 0.15) is 5.56 Å². The number of hydrazone groups is 1. The summed E-state index contributed by atoms with van der Waals surface area (Å²) in [6.07, 6.45) is 1.22. The molecule has 0 radical (unpaired) electrons. The average Bonchev–Trinajstić information content (AvgIpc) is 2.54. The molecule has 0 spiro atoms. The van der Waals surface area contributed by atoms with Crippen molar-refractivity contribution in [3.8, 4) is 5.75 Å². The maximum absolute atomic E-state index is 11.6. The first kappa shape index (κ1) is 16.6. The Hall–Kier alpha value is -2.74. The lowest BCUT2D eigenvalue weighted by molar-refractivity contribution is -0.385. The molecule has 0 fully saturated rings. The number of halogens is 1. The zero-order chi connectivity index (χ0) is 16.7. The summed E-state index contributed by atoms with van der Waals surface area (Å²) in [6.45, 7) is -0.212. The zero-order valence-electron chi connectivity index (χ0n) is 11.8. The Morgan fingerprint density at radius 3 is 2.65 bits per heavy atom. The highest BCUT2D eigenvalue weighted by atomic mass is 79.9. The molecule has 0 aliphatic carbocycles. The van der Waals surface area contributed by atoms with Gasteiger partial charge in [0, 0.05) is 10.5 Å². The summed E-state index contributed by atoms with van der Waals surface area (Å²) in [5, 5.41) is 14.5. The SMILES string of the molecule is O=C(COc1ccc(Br)cc1)N/N=C/c1ccccc1[N+](=O)[O-]. The molecule has 2 aromatic rings. The highest BCUT2D eigenvalue weighted by Gasteiger charge is 2.10. The van der Waals surface area contributed by atoms with E-state index in [0.717, 1.165) is 4.47 Å². The number of nitrogens with one attached hydrogen (secondary N) is 1. The number of nitro benzene ring substituents is 1. The van der Waals surface area contributed by atoms with Crippen LogP contribution in [0.4, 0.5) is 5.69 Å². The number of hydrogen-bond acceptors (Lipinski definition) is 5. The summed E-state index contributed by atoms with van der Waals surface area (Å²) in [6, 6.07) is 13.1. The summed E-state index contributed by atoms with van der Waals surface area (Å²) in [4.78, 5) is 21.9. The predicted molar refractivity (Wildman–Crippen MR) is 88.5 cm³/mol. The molecule has 7 nitrogen and oxygen atoms in total. The van der Waals surface area contributed by atoms with Gasteiger partial charge in [-0.15, -0.1) is 0 Å². The lowest BCUT2D eigenvalue weighted by Crippen LogP contribution is -2.24. The summed E-state index contributed by atoms with van der Waals surface area (Å²) >= 11 is 3.30. The Bertz CT molecular complexity index is 732. The second-order valence-corrected chi connectivity index (χ2v) is 5.27. The molecule has 0 bridgehead atoms. The van der Waals surface area contributed by atoms with E-state index in [1.165, 1.54) is 18.3 Å². The summed E-state index contributed by atoms with van der Waals surface area (Å²) in [5.41, 5.74) is 2.46. The molecule has 0 aliphatic heterocycles. The molecular weight excluding hydrogens is 366 g/mol. The topological polar surface area (TPSA) is 93.8 Å². The normalized spacial score (nSPS) is 10.5. The van der Waals surface area contributed by atoms with Crippen molar-refractivity contribution in [3.05, 3.63) is 68.7 Å². The van der Waals surface area contributed by atoms with Crippen molar-refractivity contribution in [2.45, 2.75) is 0 Å². The summed E-state index contributed by atoms with van der Waals surface area (Å²) < 4.78 is 6.18. The number of nitro groups is 1. The highest BCUT2D eigenvalue weighted by Crippen LogP contribution is 2.16. The molecule has 2 rings (SSSR count). The molecule has 118 valence electrons.